The minimum atomic E-state index is -1.02. The van der Waals surface area contributed by atoms with E-state index in [1.165, 1.54) is 14.2 Å². The van der Waals surface area contributed by atoms with E-state index in [0.717, 1.165) is 11.1 Å². The molecular formula is C30H26O8. The summed E-state index contributed by atoms with van der Waals surface area (Å²) in [6.45, 7) is 2.14. The summed E-state index contributed by atoms with van der Waals surface area (Å²) in [6, 6.07) is 14.1. The molecule has 0 radical (unpaired) electrons. The number of carbonyl (C=O) groups is 2. The topological polar surface area (TPSA) is 101 Å². The fraction of sp³-hybridized carbons (Fsp3) is 0.267. The predicted octanol–water partition coefficient (Wildman–Crippen LogP) is 4.72. The minimum Gasteiger partial charge on any atom is -0.497 e. The molecule has 3 aromatic carbocycles. The van der Waals surface area contributed by atoms with E-state index in [2.05, 4.69) is 12.0 Å². The average Bonchev–Trinajstić information content (AvgIpc) is 3.26. The van der Waals surface area contributed by atoms with Crippen molar-refractivity contribution in [1.29, 1.82) is 0 Å². The third kappa shape index (κ3) is 4.06. The van der Waals surface area contributed by atoms with Gasteiger partial charge in [0.2, 0.25) is 0 Å². The first-order chi connectivity index (χ1) is 18.4. The molecule has 194 valence electrons. The Kier molecular flexibility index (Phi) is 6.60. The molecule has 3 aromatic rings. The molecule has 8 nitrogen and oxygen atoms in total. The molecule has 0 amide bonds. The van der Waals surface area contributed by atoms with Crippen molar-refractivity contribution >= 4 is 11.9 Å². The molecule has 0 fully saturated rings. The highest BCUT2D eigenvalue weighted by atomic mass is 16.5. The normalized spacial score (nSPS) is 18.5. The van der Waals surface area contributed by atoms with Gasteiger partial charge >= 0.3 is 11.9 Å². The van der Waals surface area contributed by atoms with Crippen LogP contribution in [0.5, 0.6) is 23.0 Å². The highest BCUT2D eigenvalue weighted by molar-refractivity contribution is 5.93. The van der Waals surface area contributed by atoms with E-state index < -0.39 is 29.7 Å². The van der Waals surface area contributed by atoms with Crippen molar-refractivity contribution < 1.29 is 38.4 Å². The number of carbonyl (C=O) groups excluding carboxylic acids is 1. The summed E-state index contributed by atoms with van der Waals surface area (Å²) in [6.07, 6.45) is 2.59. The van der Waals surface area contributed by atoms with E-state index in [0.29, 0.717) is 46.3 Å². The van der Waals surface area contributed by atoms with Gasteiger partial charge in [-0.15, -0.1) is 0 Å². The van der Waals surface area contributed by atoms with Crippen LogP contribution in [-0.2, 0) is 16.1 Å². The molecule has 8 heteroatoms. The van der Waals surface area contributed by atoms with Crippen molar-refractivity contribution in [3.8, 4) is 35.0 Å². The van der Waals surface area contributed by atoms with E-state index in [1.807, 2.05) is 18.2 Å². The number of ether oxygens (including phenoxy) is 5. The van der Waals surface area contributed by atoms with Crippen LogP contribution in [0.3, 0.4) is 0 Å². The quantitative estimate of drug-likeness (QED) is 0.357. The Bertz CT molecular complexity index is 1500. The second kappa shape index (κ2) is 10.0. The van der Waals surface area contributed by atoms with Crippen LogP contribution in [0.4, 0.5) is 0 Å². The Labute approximate surface area is 220 Å². The number of aliphatic carboxylic acids is 1. The van der Waals surface area contributed by atoms with Gasteiger partial charge in [0.25, 0.3) is 0 Å². The molecule has 3 unspecified atom stereocenters. The minimum absolute atomic E-state index is 0.224. The maximum absolute atomic E-state index is 13.1. The number of hydrogen-bond acceptors (Lipinski definition) is 7. The molecule has 3 atom stereocenters. The van der Waals surface area contributed by atoms with Crippen molar-refractivity contribution in [3.63, 3.8) is 0 Å². The van der Waals surface area contributed by atoms with Gasteiger partial charge in [0.1, 0.15) is 35.7 Å². The summed E-state index contributed by atoms with van der Waals surface area (Å²) >= 11 is 0. The SMILES string of the molecule is CC#COc1ccc2c(c1)C(c1ccc(OC)cc1C(=O)OC)C(C(=O)O)C2c1cc2c(cc1OC)CO2. The van der Waals surface area contributed by atoms with Crippen molar-refractivity contribution in [1.82, 2.24) is 0 Å². The molecule has 1 aliphatic carbocycles. The van der Waals surface area contributed by atoms with E-state index in [9.17, 15) is 14.7 Å². The fourth-order valence-corrected chi connectivity index (χ4v) is 5.45. The molecular weight excluding hydrogens is 488 g/mol. The molecule has 38 heavy (non-hydrogen) atoms. The largest absolute Gasteiger partial charge is 0.497 e. The summed E-state index contributed by atoms with van der Waals surface area (Å²) in [7, 11) is 4.34. The van der Waals surface area contributed by atoms with Gasteiger partial charge in [-0.2, -0.15) is 0 Å². The third-order valence-electron chi connectivity index (χ3n) is 7.13. The van der Waals surface area contributed by atoms with Gasteiger partial charge in [-0.05, 0) is 53.1 Å². The Hall–Kier alpha value is -4.64. The number of carboxylic acids is 1. The first-order valence-corrected chi connectivity index (χ1v) is 12.0. The van der Waals surface area contributed by atoms with Crippen molar-refractivity contribution in [2.24, 2.45) is 5.92 Å². The van der Waals surface area contributed by atoms with Gasteiger partial charge in [-0.25, -0.2) is 4.79 Å². The number of esters is 1. The highest BCUT2D eigenvalue weighted by Crippen LogP contribution is 2.56. The first kappa shape index (κ1) is 25.0. The van der Waals surface area contributed by atoms with E-state index in [-0.39, 0.29) is 5.56 Å². The van der Waals surface area contributed by atoms with Gasteiger partial charge in [-0.1, -0.05) is 18.1 Å². The van der Waals surface area contributed by atoms with Gasteiger partial charge in [0, 0.05) is 29.9 Å². The summed E-state index contributed by atoms with van der Waals surface area (Å²) in [5.41, 5.74) is 3.91. The lowest BCUT2D eigenvalue weighted by Crippen LogP contribution is -2.26. The van der Waals surface area contributed by atoms with Crippen LogP contribution in [0.25, 0.3) is 0 Å². The van der Waals surface area contributed by atoms with Crippen molar-refractivity contribution in [2.45, 2.75) is 25.4 Å². The fourth-order valence-electron chi connectivity index (χ4n) is 5.45. The van der Waals surface area contributed by atoms with Crippen molar-refractivity contribution in [2.75, 3.05) is 21.3 Å². The predicted molar refractivity (Wildman–Crippen MR) is 137 cm³/mol. The second-order valence-electron chi connectivity index (χ2n) is 9.00. The number of carboxylic acid groups (broad SMARTS) is 1. The summed E-state index contributed by atoms with van der Waals surface area (Å²) < 4.78 is 27.3. The highest BCUT2D eigenvalue weighted by Gasteiger charge is 2.49. The monoisotopic (exact) mass is 514 g/mol. The third-order valence-corrected chi connectivity index (χ3v) is 7.13. The van der Waals surface area contributed by atoms with Crippen LogP contribution in [0.1, 0.15) is 56.9 Å². The molecule has 0 bridgehead atoms. The van der Waals surface area contributed by atoms with Gasteiger partial charge < -0.3 is 28.8 Å². The summed E-state index contributed by atoms with van der Waals surface area (Å²) in [4.78, 5) is 26.0. The Balaban J connectivity index is 1.78. The van der Waals surface area contributed by atoms with Gasteiger partial charge in [0.05, 0.1) is 32.8 Å². The van der Waals surface area contributed by atoms with E-state index in [4.69, 9.17) is 23.7 Å². The van der Waals surface area contributed by atoms with Crippen LogP contribution in [-0.4, -0.2) is 38.4 Å². The van der Waals surface area contributed by atoms with Gasteiger partial charge in [-0.3, -0.25) is 4.79 Å². The van der Waals surface area contributed by atoms with Crippen LogP contribution in [0, 0.1) is 17.9 Å². The molecule has 5 rings (SSSR count). The molecule has 1 heterocycles. The lowest BCUT2D eigenvalue weighted by Gasteiger charge is -2.28. The smallest absolute Gasteiger partial charge is 0.338 e. The Morgan fingerprint density at radius 3 is 2.26 bits per heavy atom. The van der Waals surface area contributed by atoms with E-state index >= 15 is 0 Å². The zero-order valence-corrected chi connectivity index (χ0v) is 21.4. The standard InChI is InChI=1S/C30H26O8/c1-5-10-37-18-7-9-19-21(13-18)26(20-8-6-17(34-2)12-22(20)30(33)36-4)28(29(31)32)27(19)23-14-24-16(15-38-24)11-25(23)35-3/h6-9,11-14,26-28H,15H2,1-4H3,(H,31,32). The number of methoxy groups -OCH3 is 3. The average molecular weight is 515 g/mol. The zero-order chi connectivity index (χ0) is 27.0. The van der Waals surface area contributed by atoms with Crippen LogP contribution in [0.15, 0.2) is 48.5 Å². The van der Waals surface area contributed by atoms with Crippen LogP contribution >= 0.6 is 0 Å². The zero-order valence-electron chi connectivity index (χ0n) is 21.4. The molecule has 0 saturated carbocycles. The number of hydrogen-bond donors (Lipinski definition) is 1. The van der Waals surface area contributed by atoms with Crippen LogP contribution in [0.2, 0.25) is 0 Å². The van der Waals surface area contributed by atoms with E-state index in [1.54, 1.807) is 44.4 Å². The number of benzene rings is 3. The number of rotatable bonds is 7. The summed E-state index contributed by atoms with van der Waals surface area (Å²) in [5, 5.41) is 10.7. The second-order valence-corrected chi connectivity index (χ2v) is 9.00. The molecule has 1 N–H and O–H groups in total. The lowest BCUT2D eigenvalue weighted by molar-refractivity contribution is -0.142. The molecule has 2 aliphatic rings. The lowest BCUT2D eigenvalue weighted by atomic mass is 9.78. The van der Waals surface area contributed by atoms with Crippen molar-refractivity contribution in [3.05, 3.63) is 81.9 Å². The molecule has 0 saturated heterocycles. The maximum atomic E-state index is 13.1. The Morgan fingerprint density at radius 2 is 1.63 bits per heavy atom. The number of fused-ring (bicyclic) bond motifs is 2. The Morgan fingerprint density at radius 1 is 0.895 bits per heavy atom. The first-order valence-electron chi connectivity index (χ1n) is 12.0. The molecule has 0 spiro atoms. The van der Waals surface area contributed by atoms with Gasteiger partial charge in [0.15, 0.2) is 0 Å². The maximum Gasteiger partial charge on any atom is 0.338 e. The molecule has 0 aromatic heterocycles. The molecule has 1 aliphatic heterocycles. The summed E-state index contributed by atoms with van der Waals surface area (Å²) in [5.74, 6) is 0.969. The van der Waals surface area contributed by atoms with Crippen LogP contribution < -0.4 is 18.9 Å².